The Morgan fingerprint density at radius 1 is 1.44 bits per heavy atom. The molecule has 1 aliphatic carbocycles. The summed E-state index contributed by atoms with van der Waals surface area (Å²) in [5.41, 5.74) is 1.18. The van der Waals surface area contributed by atoms with Gasteiger partial charge >= 0.3 is 0 Å². The van der Waals surface area contributed by atoms with Crippen LogP contribution in [0.3, 0.4) is 0 Å². The molecule has 3 unspecified atom stereocenters. The van der Waals surface area contributed by atoms with Gasteiger partial charge in [0.1, 0.15) is 0 Å². The zero-order valence-corrected chi connectivity index (χ0v) is 14.4. The molecule has 1 aliphatic heterocycles. The number of ether oxygens (including phenoxy) is 1. The van der Waals surface area contributed by atoms with Gasteiger partial charge in [0.05, 0.1) is 18.3 Å². The highest BCUT2D eigenvalue weighted by Gasteiger charge is 2.49. The fourth-order valence-electron chi connectivity index (χ4n) is 3.32. The monoisotopic (exact) mass is 380 g/mol. The first-order valence-electron chi connectivity index (χ1n) is 6.59. The van der Waals surface area contributed by atoms with Crippen LogP contribution in [0.5, 0.6) is 0 Å². The summed E-state index contributed by atoms with van der Waals surface area (Å²) in [4.78, 5) is 0.443. The van der Waals surface area contributed by atoms with Crippen LogP contribution in [0.25, 0.3) is 0 Å². The zero-order valence-electron chi connectivity index (χ0n) is 11.2. The fraction of sp³-hybridized carbons (Fsp3) is 0.857. The van der Waals surface area contributed by atoms with Crippen molar-refractivity contribution in [2.45, 2.75) is 56.8 Å². The molecule has 0 bridgehead atoms. The minimum absolute atomic E-state index is 0.0420. The summed E-state index contributed by atoms with van der Waals surface area (Å²) in [7, 11) is 0. The Balaban J connectivity index is 2.32. The average molecular weight is 382 g/mol. The molecule has 18 heavy (non-hydrogen) atoms. The molecule has 1 N–H and O–H groups in total. The molecule has 0 spiro atoms. The maximum absolute atomic E-state index is 10.5. The molecule has 0 saturated heterocycles. The van der Waals surface area contributed by atoms with Crippen LogP contribution in [0.4, 0.5) is 0 Å². The highest BCUT2D eigenvalue weighted by atomic mass is 79.9. The molecule has 1 fully saturated rings. The molecule has 1 heterocycles. The van der Waals surface area contributed by atoms with Crippen molar-refractivity contribution < 1.29 is 9.84 Å². The molecule has 5 atom stereocenters. The van der Waals surface area contributed by atoms with Gasteiger partial charge < -0.3 is 9.84 Å². The van der Waals surface area contributed by atoms with Gasteiger partial charge in [-0.15, -0.1) is 0 Å². The summed E-state index contributed by atoms with van der Waals surface area (Å²) >= 11 is 7.28. The topological polar surface area (TPSA) is 29.5 Å². The van der Waals surface area contributed by atoms with Gasteiger partial charge in [0.15, 0.2) is 0 Å². The van der Waals surface area contributed by atoms with E-state index in [1.807, 2.05) is 13.0 Å². The molecule has 4 heteroatoms. The van der Waals surface area contributed by atoms with E-state index in [1.54, 1.807) is 0 Å². The van der Waals surface area contributed by atoms with Gasteiger partial charge in [-0.2, -0.15) is 0 Å². The third-order valence-electron chi connectivity index (χ3n) is 4.56. The van der Waals surface area contributed by atoms with Crippen LogP contribution in [-0.4, -0.2) is 33.6 Å². The maximum Gasteiger partial charge on any atom is 0.0883 e. The SMILES string of the molecule is CC1=C[C@@H](O)C2C(CC[C@H](Br)C2(C)C)OC1CBr. The predicted octanol–water partition coefficient (Wildman–Crippen LogP) is 3.66. The van der Waals surface area contributed by atoms with Gasteiger partial charge in [0.2, 0.25) is 0 Å². The lowest BCUT2D eigenvalue weighted by Gasteiger charge is -2.48. The quantitative estimate of drug-likeness (QED) is 0.554. The molecule has 0 amide bonds. The van der Waals surface area contributed by atoms with Crippen molar-refractivity contribution in [1.29, 1.82) is 0 Å². The Labute approximate surface area is 126 Å². The van der Waals surface area contributed by atoms with E-state index in [9.17, 15) is 5.11 Å². The van der Waals surface area contributed by atoms with Crippen molar-refractivity contribution in [2.75, 3.05) is 5.33 Å². The number of aliphatic hydroxyl groups is 1. The highest BCUT2D eigenvalue weighted by molar-refractivity contribution is 9.09. The minimum Gasteiger partial charge on any atom is -0.389 e. The van der Waals surface area contributed by atoms with Crippen molar-refractivity contribution in [3.8, 4) is 0 Å². The van der Waals surface area contributed by atoms with Crippen LogP contribution in [0, 0.1) is 11.3 Å². The van der Waals surface area contributed by atoms with Crippen LogP contribution >= 0.6 is 31.9 Å². The lowest BCUT2D eigenvalue weighted by Crippen LogP contribution is -2.50. The van der Waals surface area contributed by atoms with Crippen molar-refractivity contribution in [3.63, 3.8) is 0 Å². The molecular weight excluding hydrogens is 360 g/mol. The molecule has 2 aliphatic rings. The number of aliphatic hydroxyl groups excluding tert-OH is 1. The average Bonchev–Trinajstić information content (AvgIpc) is 2.41. The molecule has 0 aromatic rings. The van der Waals surface area contributed by atoms with Gasteiger partial charge in [-0.1, -0.05) is 51.8 Å². The van der Waals surface area contributed by atoms with E-state index in [2.05, 4.69) is 45.7 Å². The van der Waals surface area contributed by atoms with E-state index in [1.165, 1.54) is 0 Å². The largest absolute Gasteiger partial charge is 0.389 e. The number of alkyl halides is 2. The normalized spacial score (nSPS) is 43.9. The van der Waals surface area contributed by atoms with Crippen molar-refractivity contribution in [3.05, 3.63) is 11.6 Å². The maximum atomic E-state index is 10.5. The third kappa shape index (κ3) is 2.58. The Kier molecular flexibility index (Phi) is 4.63. The first kappa shape index (κ1) is 15.0. The van der Waals surface area contributed by atoms with Crippen LogP contribution in [0.1, 0.15) is 33.6 Å². The number of rotatable bonds is 1. The second-order valence-corrected chi connectivity index (χ2v) is 7.86. The minimum atomic E-state index is -0.408. The molecule has 0 radical (unpaired) electrons. The molecule has 0 aromatic heterocycles. The summed E-state index contributed by atoms with van der Waals surface area (Å²) < 4.78 is 6.24. The smallest absolute Gasteiger partial charge is 0.0883 e. The molecule has 2 nitrogen and oxygen atoms in total. The highest BCUT2D eigenvalue weighted by Crippen LogP contribution is 2.49. The standard InChI is InChI=1S/C14H22Br2O2/c1-8-6-9(17)13-10(18-11(8)7-15)4-5-12(16)14(13,2)3/h6,9-13,17H,4-5,7H2,1-3H3/t9-,10?,11?,12+,13?/m1/s1. The lowest BCUT2D eigenvalue weighted by molar-refractivity contribution is -0.0988. The van der Waals surface area contributed by atoms with Gasteiger partial charge in [-0.05, 0) is 30.8 Å². The first-order chi connectivity index (χ1) is 8.37. The zero-order chi connectivity index (χ0) is 13.5. The Morgan fingerprint density at radius 2 is 2.11 bits per heavy atom. The molecule has 1 saturated carbocycles. The Bertz CT molecular complexity index is 341. The number of hydrogen-bond donors (Lipinski definition) is 1. The van der Waals surface area contributed by atoms with Gasteiger partial charge in [-0.25, -0.2) is 0 Å². The van der Waals surface area contributed by atoms with E-state index in [4.69, 9.17) is 4.74 Å². The lowest BCUT2D eigenvalue weighted by atomic mass is 9.65. The van der Waals surface area contributed by atoms with Crippen molar-refractivity contribution in [2.24, 2.45) is 11.3 Å². The fourth-order valence-corrected chi connectivity index (χ4v) is 4.55. The summed E-state index contributed by atoms with van der Waals surface area (Å²) in [6, 6.07) is 0. The summed E-state index contributed by atoms with van der Waals surface area (Å²) in [6.07, 6.45) is 3.95. The van der Waals surface area contributed by atoms with Gasteiger partial charge in [-0.3, -0.25) is 0 Å². The van der Waals surface area contributed by atoms with Gasteiger partial charge in [0, 0.05) is 16.1 Å². The third-order valence-corrected chi connectivity index (χ3v) is 6.79. The number of fused-ring (bicyclic) bond motifs is 1. The number of hydrogen-bond acceptors (Lipinski definition) is 2. The summed E-state index contributed by atoms with van der Waals surface area (Å²) in [5, 5.41) is 11.3. The van der Waals surface area contributed by atoms with Crippen molar-refractivity contribution >= 4 is 31.9 Å². The second kappa shape index (κ2) is 5.55. The summed E-state index contributed by atoms with van der Waals surface area (Å²) in [5.74, 6) is 0.162. The van der Waals surface area contributed by atoms with E-state index in [0.717, 1.165) is 23.7 Å². The molecule has 2 rings (SSSR count). The van der Waals surface area contributed by atoms with Crippen LogP contribution in [0.2, 0.25) is 0 Å². The van der Waals surface area contributed by atoms with E-state index >= 15 is 0 Å². The molecule has 104 valence electrons. The van der Waals surface area contributed by atoms with Crippen LogP contribution in [0.15, 0.2) is 11.6 Å². The van der Waals surface area contributed by atoms with E-state index in [0.29, 0.717) is 4.83 Å². The van der Waals surface area contributed by atoms with Crippen LogP contribution < -0.4 is 0 Å². The molecular formula is C14H22Br2O2. The first-order valence-corrected chi connectivity index (χ1v) is 8.63. The van der Waals surface area contributed by atoms with Crippen LogP contribution in [-0.2, 0) is 4.74 Å². The van der Waals surface area contributed by atoms with Crippen molar-refractivity contribution in [1.82, 2.24) is 0 Å². The van der Waals surface area contributed by atoms with E-state index < -0.39 is 6.10 Å². The Hall–Kier alpha value is 0.620. The molecule has 0 aromatic carbocycles. The predicted molar refractivity (Wildman–Crippen MR) is 81.4 cm³/mol. The Morgan fingerprint density at radius 3 is 2.72 bits per heavy atom. The van der Waals surface area contributed by atoms with Gasteiger partial charge in [0.25, 0.3) is 0 Å². The number of halogens is 2. The van der Waals surface area contributed by atoms with E-state index in [-0.39, 0.29) is 23.5 Å². The summed E-state index contributed by atoms with van der Waals surface area (Å²) in [6.45, 7) is 6.51. The second-order valence-electron chi connectivity index (χ2n) is 6.11.